The topological polar surface area (TPSA) is 80.8 Å². The van der Waals surface area contributed by atoms with Crippen molar-refractivity contribution in [2.24, 2.45) is 0 Å². The van der Waals surface area contributed by atoms with Crippen molar-refractivity contribution in [2.45, 2.75) is 22.8 Å². The van der Waals surface area contributed by atoms with Gasteiger partial charge in [0.1, 0.15) is 0 Å². The van der Waals surface area contributed by atoms with Crippen molar-refractivity contribution in [2.75, 3.05) is 25.7 Å². The second-order valence-electron chi connectivity index (χ2n) is 6.14. The fourth-order valence-electron chi connectivity index (χ4n) is 2.38. The first-order valence-electron chi connectivity index (χ1n) is 8.62. The first-order valence-corrected chi connectivity index (χ1v) is 11.5. The molecule has 2 rings (SSSR count). The first kappa shape index (κ1) is 22.0. The van der Waals surface area contributed by atoms with Crippen LogP contribution in [-0.4, -0.2) is 50.9 Å². The fourth-order valence-corrected chi connectivity index (χ4v) is 4.03. The van der Waals surface area contributed by atoms with Crippen LogP contribution in [0.25, 0.3) is 0 Å². The van der Waals surface area contributed by atoms with Gasteiger partial charge in [0.15, 0.2) is 16.4 Å². The SMILES string of the molecule is CSc1ccc(CN(C)C(=O)COC(=O)CCS(=O)(=O)c2ccccc2)cc1. The predicted octanol–water partition coefficient (Wildman–Crippen LogP) is 2.77. The van der Waals surface area contributed by atoms with Gasteiger partial charge in [0.05, 0.1) is 17.1 Å². The number of thioether (sulfide) groups is 1. The molecule has 8 heteroatoms. The van der Waals surface area contributed by atoms with Crippen LogP contribution < -0.4 is 0 Å². The average molecular weight is 422 g/mol. The van der Waals surface area contributed by atoms with E-state index in [1.807, 2.05) is 30.5 Å². The standard InChI is InChI=1S/C20H23NO5S2/c1-21(14-16-8-10-17(27-2)11-9-16)19(22)15-26-20(23)12-13-28(24,25)18-6-4-3-5-7-18/h3-11H,12-15H2,1-2H3. The van der Waals surface area contributed by atoms with E-state index in [-0.39, 0.29) is 23.0 Å². The lowest BCUT2D eigenvalue weighted by Gasteiger charge is -2.17. The first-order chi connectivity index (χ1) is 13.3. The maximum absolute atomic E-state index is 12.1. The van der Waals surface area contributed by atoms with E-state index in [0.717, 1.165) is 10.5 Å². The zero-order chi connectivity index (χ0) is 20.6. The summed E-state index contributed by atoms with van der Waals surface area (Å²) in [5.41, 5.74) is 0.967. The van der Waals surface area contributed by atoms with E-state index >= 15 is 0 Å². The third-order valence-corrected chi connectivity index (χ3v) is 6.51. The maximum Gasteiger partial charge on any atom is 0.307 e. The van der Waals surface area contributed by atoms with Gasteiger partial charge in [0.25, 0.3) is 5.91 Å². The van der Waals surface area contributed by atoms with Gasteiger partial charge in [-0.1, -0.05) is 30.3 Å². The quantitative estimate of drug-likeness (QED) is 0.458. The van der Waals surface area contributed by atoms with E-state index in [0.29, 0.717) is 6.54 Å². The molecular formula is C20H23NO5S2. The molecule has 0 aliphatic rings. The molecule has 0 atom stereocenters. The molecule has 0 unspecified atom stereocenters. The molecule has 0 radical (unpaired) electrons. The molecule has 1 amide bonds. The van der Waals surface area contributed by atoms with Crippen LogP contribution in [0.4, 0.5) is 0 Å². The van der Waals surface area contributed by atoms with Crippen LogP contribution in [0.5, 0.6) is 0 Å². The number of nitrogens with zero attached hydrogens (tertiary/aromatic N) is 1. The van der Waals surface area contributed by atoms with Crippen LogP contribution >= 0.6 is 11.8 Å². The molecule has 0 aliphatic carbocycles. The van der Waals surface area contributed by atoms with Gasteiger partial charge >= 0.3 is 5.97 Å². The van der Waals surface area contributed by atoms with Crippen molar-refractivity contribution in [3.63, 3.8) is 0 Å². The Labute approximate surface area is 169 Å². The summed E-state index contributed by atoms with van der Waals surface area (Å²) in [4.78, 5) is 26.7. The number of esters is 1. The number of carbonyl (C=O) groups is 2. The number of rotatable bonds is 9. The Kier molecular flexibility index (Phi) is 8.07. The third-order valence-electron chi connectivity index (χ3n) is 4.04. The number of amides is 1. The highest BCUT2D eigenvalue weighted by Gasteiger charge is 2.18. The summed E-state index contributed by atoms with van der Waals surface area (Å²) in [6.45, 7) is -0.0168. The number of benzene rings is 2. The molecule has 0 bridgehead atoms. The van der Waals surface area contributed by atoms with Gasteiger partial charge in [-0.3, -0.25) is 9.59 Å². The van der Waals surface area contributed by atoms with Crippen LogP contribution in [0.2, 0.25) is 0 Å². The summed E-state index contributed by atoms with van der Waals surface area (Å²) in [6, 6.07) is 15.7. The number of hydrogen-bond donors (Lipinski definition) is 0. The molecule has 0 spiro atoms. The van der Waals surface area contributed by atoms with E-state index in [1.165, 1.54) is 17.0 Å². The molecule has 0 aromatic heterocycles. The monoisotopic (exact) mass is 421 g/mol. The lowest BCUT2D eigenvalue weighted by atomic mass is 10.2. The Morgan fingerprint density at radius 3 is 2.29 bits per heavy atom. The second-order valence-corrected chi connectivity index (χ2v) is 9.13. The molecule has 150 valence electrons. The highest BCUT2D eigenvalue weighted by molar-refractivity contribution is 7.98. The predicted molar refractivity (Wildman–Crippen MR) is 109 cm³/mol. The summed E-state index contributed by atoms with van der Waals surface area (Å²) in [7, 11) is -1.93. The molecular weight excluding hydrogens is 398 g/mol. The summed E-state index contributed by atoms with van der Waals surface area (Å²) >= 11 is 1.64. The number of hydrogen-bond acceptors (Lipinski definition) is 6. The van der Waals surface area contributed by atoms with Gasteiger partial charge in [0.2, 0.25) is 0 Å². The molecule has 0 aliphatic heterocycles. The fraction of sp³-hybridized carbons (Fsp3) is 0.300. The zero-order valence-corrected chi connectivity index (χ0v) is 17.5. The van der Waals surface area contributed by atoms with Crippen molar-refractivity contribution in [1.29, 1.82) is 0 Å². The van der Waals surface area contributed by atoms with E-state index in [1.54, 1.807) is 37.0 Å². The smallest absolute Gasteiger partial charge is 0.307 e. The molecule has 6 nitrogen and oxygen atoms in total. The summed E-state index contributed by atoms with van der Waals surface area (Å²) in [5, 5.41) is 0. The maximum atomic E-state index is 12.1. The van der Waals surface area contributed by atoms with Crippen molar-refractivity contribution in [3.8, 4) is 0 Å². The van der Waals surface area contributed by atoms with Crippen LogP contribution in [0.3, 0.4) is 0 Å². The average Bonchev–Trinajstić information content (AvgIpc) is 2.71. The number of carbonyl (C=O) groups excluding carboxylic acids is 2. The van der Waals surface area contributed by atoms with Gasteiger partial charge in [-0.25, -0.2) is 8.42 Å². The normalized spacial score (nSPS) is 11.1. The van der Waals surface area contributed by atoms with E-state index in [9.17, 15) is 18.0 Å². The largest absolute Gasteiger partial charge is 0.456 e. The molecule has 0 N–H and O–H groups in total. The molecule has 2 aromatic rings. The Morgan fingerprint density at radius 2 is 1.68 bits per heavy atom. The summed E-state index contributed by atoms with van der Waals surface area (Å²) in [6.07, 6.45) is 1.69. The van der Waals surface area contributed by atoms with E-state index < -0.39 is 22.4 Å². The lowest BCUT2D eigenvalue weighted by Crippen LogP contribution is -2.31. The highest BCUT2D eigenvalue weighted by atomic mass is 32.2. The van der Waals surface area contributed by atoms with Gasteiger partial charge in [0, 0.05) is 18.5 Å². The van der Waals surface area contributed by atoms with Gasteiger partial charge in [-0.05, 0) is 36.1 Å². The third kappa shape index (κ3) is 6.69. The van der Waals surface area contributed by atoms with Crippen LogP contribution in [0, 0.1) is 0 Å². The molecule has 0 saturated carbocycles. The zero-order valence-electron chi connectivity index (χ0n) is 15.8. The van der Waals surface area contributed by atoms with Crippen LogP contribution in [0.15, 0.2) is 64.4 Å². The van der Waals surface area contributed by atoms with Gasteiger partial charge < -0.3 is 9.64 Å². The van der Waals surface area contributed by atoms with Crippen LogP contribution in [-0.2, 0) is 30.7 Å². The van der Waals surface area contributed by atoms with Gasteiger partial charge in [-0.2, -0.15) is 0 Å². The summed E-state index contributed by atoms with van der Waals surface area (Å²) < 4.78 is 29.2. The van der Waals surface area contributed by atoms with Crippen molar-refractivity contribution >= 4 is 33.5 Å². The van der Waals surface area contributed by atoms with E-state index in [2.05, 4.69) is 0 Å². The number of likely N-dealkylation sites (N-methyl/N-ethyl adjacent to an activating group) is 1. The molecule has 28 heavy (non-hydrogen) atoms. The minimum atomic E-state index is -3.55. The minimum Gasteiger partial charge on any atom is -0.456 e. The molecule has 0 fully saturated rings. The minimum absolute atomic E-state index is 0.158. The van der Waals surface area contributed by atoms with Gasteiger partial charge in [-0.15, -0.1) is 11.8 Å². The molecule has 0 heterocycles. The number of ether oxygens (including phenoxy) is 1. The molecule has 0 saturated heterocycles. The summed E-state index contributed by atoms with van der Waals surface area (Å²) in [5.74, 6) is -1.43. The van der Waals surface area contributed by atoms with Crippen LogP contribution in [0.1, 0.15) is 12.0 Å². The highest BCUT2D eigenvalue weighted by Crippen LogP contribution is 2.15. The van der Waals surface area contributed by atoms with Crippen molar-refractivity contribution < 1.29 is 22.7 Å². The second kappa shape index (κ2) is 10.3. The van der Waals surface area contributed by atoms with E-state index in [4.69, 9.17) is 4.74 Å². The van der Waals surface area contributed by atoms with Crippen molar-refractivity contribution in [3.05, 3.63) is 60.2 Å². The number of sulfone groups is 1. The Morgan fingerprint density at radius 1 is 1.04 bits per heavy atom. The lowest BCUT2D eigenvalue weighted by molar-refractivity contribution is -0.151. The Hall–Kier alpha value is -2.32. The Bertz CT molecular complexity index is 896. The molecule has 2 aromatic carbocycles. The van der Waals surface area contributed by atoms with Crippen molar-refractivity contribution in [1.82, 2.24) is 4.90 Å². The Balaban J connectivity index is 1.77.